The second-order valence-electron chi connectivity index (χ2n) is 5.37. The van der Waals surface area contributed by atoms with E-state index < -0.39 is 12.0 Å². The molecule has 0 radical (unpaired) electrons. The summed E-state index contributed by atoms with van der Waals surface area (Å²) in [5.41, 5.74) is 6.11. The highest BCUT2D eigenvalue weighted by molar-refractivity contribution is 5.78. The van der Waals surface area contributed by atoms with Crippen LogP contribution in [0.3, 0.4) is 0 Å². The van der Waals surface area contributed by atoms with Crippen LogP contribution in [0.2, 0.25) is 0 Å². The topological polar surface area (TPSA) is 83.6 Å². The number of likely N-dealkylation sites (tertiary alicyclic amines) is 1. The Bertz CT molecular complexity index is 489. The number of carbonyl (C=O) groups excluding carboxylic acids is 1. The van der Waals surface area contributed by atoms with E-state index in [1.54, 1.807) is 12.1 Å². The molecule has 3 atom stereocenters. The molecule has 1 aromatic rings. The lowest BCUT2D eigenvalue weighted by molar-refractivity contribution is -0.147. The Hall–Kier alpha value is -1.88. The number of hydrogen-bond acceptors (Lipinski definition) is 3. The minimum absolute atomic E-state index is 0.118. The van der Waals surface area contributed by atoms with Crippen LogP contribution in [0.1, 0.15) is 31.4 Å². The largest absolute Gasteiger partial charge is 0.480 e. The summed E-state index contributed by atoms with van der Waals surface area (Å²) >= 11 is 0. The monoisotopic (exact) mass is 276 g/mol. The smallest absolute Gasteiger partial charge is 0.325 e. The predicted octanol–water partition coefficient (Wildman–Crippen LogP) is 1.40. The molecule has 5 nitrogen and oxygen atoms in total. The van der Waals surface area contributed by atoms with Gasteiger partial charge < -0.3 is 10.8 Å². The number of nitrogens with zero attached hydrogens (tertiary/aromatic N) is 1. The summed E-state index contributed by atoms with van der Waals surface area (Å²) in [7, 11) is 0. The van der Waals surface area contributed by atoms with Crippen LogP contribution < -0.4 is 5.73 Å². The van der Waals surface area contributed by atoms with Gasteiger partial charge in [-0.25, -0.2) is 0 Å². The molecule has 1 aromatic carbocycles. The fourth-order valence-electron chi connectivity index (χ4n) is 2.84. The molecule has 1 fully saturated rings. The quantitative estimate of drug-likeness (QED) is 0.870. The van der Waals surface area contributed by atoms with E-state index in [1.807, 2.05) is 30.0 Å². The number of benzene rings is 1. The first-order valence-corrected chi connectivity index (χ1v) is 6.83. The summed E-state index contributed by atoms with van der Waals surface area (Å²) in [6.45, 7) is 2.40. The van der Waals surface area contributed by atoms with E-state index in [9.17, 15) is 14.7 Å². The first-order chi connectivity index (χ1) is 9.50. The highest BCUT2D eigenvalue weighted by Gasteiger charge is 2.36. The van der Waals surface area contributed by atoms with Gasteiger partial charge in [0.2, 0.25) is 5.91 Å². The minimum Gasteiger partial charge on any atom is -0.480 e. The number of piperidine rings is 1. The Labute approximate surface area is 118 Å². The van der Waals surface area contributed by atoms with E-state index >= 15 is 0 Å². The Balaban J connectivity index is 2.28. The first kappa shape index (κ1) is 14.5. The summed E-state index contributed by atoms with van der Waals surface area (Å²) in [4.78, 5) is 24.9. The molecule has 1 aliphatic heterocycles. The molecular formula is C15H20N2O3. The Morgan fingerprint density at radius 2 is 1.95 bits per heavy atom. The number of hydrogen-bond donors (Lipinski definition) is 2. The summed E-state index contributed by atoms with van der Waals surface area (Å²) in [6, 6.07) is 8.50. The van der Waals surface area contributed by atoms with Gasteiger partial charge in [-0.3, -0.25) is 14.5 Å². The van der Waals surface area contributed by atoms with Crippen LogP contribution in [0.15, 0.2) is 30.3 Å². The van der Waals surface area contributed by atoms with Crippen molar-refractivity contribution in [1.29, 1.82) is 0 Å². The van der Waals surface area contributed by atoms with Crippen molar-refractivity contribution in [2.45, 2.75) is 31.8 Å². The van der Waals surface area contributed by atoms with Crippen LogP contribution in [0.25, 0.3) is 0 Å². The van der Waals surface area contributed by atoms with Crippen molar-refractivity contribution in [3.63, 3.8) is 0 Å². The SMILES string of the molecule is CC1CCC(C(N)=O)CN1C(C(=O)O)c1ccccc1. The lowest BCUT2D eigenvalue weighted by Crippen LogP contribution is -2.49. The zero-order valence-electron chi connectivity index (χ0n) is 11.5. The Morgan fingerprint density at radius 3 is 2.50 bits per heavy atom. The highest BCUT2D eigenvalue weighted by atomic mass is 16.4. The second-order valence-corrected chi connectivity index (χ2v) is 5.37. The summed E-state index contributed by atoms with van der Waals surface area (Å²) in [5, 5.41) is 9.56. The minimum atomic E-state index is -0.895. The van der Waals surface area contributed by atoms with Gasteiger partial charge in [0.05, 0.1) is 5.92 Å². The molecule has 108 valence electrons. The van der Waals surface area contributed by atoms with Gasteiger partial charge in [-0.2, -0.15) is 0 Å². The fourth-order valence-corrected chi connectivity index (χ4v) is 2.84. The van der Waals surface area contributed by atoms with Crippen LogP contribution in [-0.4, -0.2) is 34.5 Å². The average molecular weight is 276 g/mol. The molecule has 1 saturated heterocycles. The van der Waals surface area contributed by atoms with E-state index in [0.29, 0.717) is 6.54 Å². The molecule has 3 N–H and O–H groups in total. The first-order valence-electron chi connectivity index (χ1n) is 6.83. The van der Waals surface area contributed by atoms with Crippen LogP contribution >= 0.6 is 0 Å². The van der Waals surface area contributed by atoms with E-state index in [1.165, 1.54) is 0 Å². The van der Waals surface area contributed by atoms with Gasteiger partial charge in [-0.15, -0.1) is 0 Å². The predicted molar refractivity (Wildman–Crippen MR) is 74.9 cm³/mol. The fraction of sp³-hybridized carbons (Fsp3) is 0.467. The van der Waals surface area contributed by atoms with Crippen molar-refractivity contribution in [2.24, 2.45) is 11.7 Å². The van der Waals surface area contributed by atoms with Crippen molar-refractivity contribution >= 4 is 11.9 Å². The van der Waals surface area contributed by atoms with Crippen molar-refractivity contribution in [1.82, 2.24) is 4.90 Å². The Kier molecular flexibility index (Phi) is 4.39. The van der Waals surface area contributed by atoms with Crippen LogP contribution in [0, 0.1) is 5.92 Å². The van der Waals surface area contributed by atoms with Gasteiger partial charge in [0.25, 0.3) is 0 Å². The van der Waals surface area contributed by atoms with Crippen molar-refractivity contribution in [3.8, 4) is 0 Å². The van der Waals surface area contributed by atoms with Gasteiger partial charge >= 0.3 is 5.97 Å². The third-order valence-corrected chi connectivity index (χ3v) is 4.01. The number of carboxylic acid groups (broad SMARTS) is 1. The third kappa shape index (κ3) is 2.99. The van der Waals surface area contributed by atoms with Crippen LogP contribution in [-0.2, 0) is 9.59 Å². The maximum absolute atomic E-state index is 11.7. The maximum Gasteiger partial charge on any atom is 0.325 e. The maximum atomic E-state index is 11.7. The number of amides is 1. The van der Waals surface area contributed by atoms with Crippen LogP contribution in [0.5, 0.6) is 0 Å². The second kappa shape index (κ2) is 6.05. The summed E-state index contributed by atoms with van der Waals surface area (Å²) in [6.07, 6.45) is 1.51. The lowest BCUT2D eigenvalue weighted by atomic mass is 9.90. The lowest BCUT2D eigenvalue weighted by Gasteiger charge is -2.40. The molecule has 0 spiro atoms. The molecule has 3 unspecified atom stereocenters. The van der Waals surface area contributed by atoms with Crippen molar-refractivity contribution in [2.75, 3.05) is 6.54 Å². The van der Waals surface area contributed by atoms with Crippen LogP contribution in [0.4, 0.5) is 0 Å². The van der Waals surface area contributed by atoms with Crippen molar-refractivity contribution < 1.29 is 14.7 Å². The molecule has 1 aliphatic rings. The molecule has 5 heteroatoms. The summed E-state index contributed by atoms with van der Waals surface area (Å²) < 4.78 is 0. The molecule has 0 bridgehead atoms. The normalized spacial score (nSPS) is 25.1. The van der Waals surface area contributed by atoms with Gasteiger partial charge in [0.1, 0.15) is 6.04 Å². The van der Waals surface area contributed by atoms with E-state index in [-0.39, 0.29) is 17.9 Å². The molecule has 0 aliphatic carbocycles. The van der Waals surface area contributed by atoms with Crippen molar-refractivity contribution in [3.05, 3.63) is 35.9 Å². The molecule has 20 heavy (non-hydrogen) atoms. The molecule has 0 aromatic heterocycles. The van der Waals surface area contributed by atoms with Gasteiger partial charge in [0, 0.05) is 12.6 Å². The molecular weight excluding hydrogens is 256 g/mol. The number of nitrogens with two attached hydrogens (primary N) is 1. The van der Waals surface area contributed by atoms with E-state index in [0.717, 1.165) is 18.4 Å². The van der Waals surface area contributed by atoms with Gasteiger partial charge in [-0.05, 0) is 25.3 Å². The zero-order chi connectivity index (χ0) is 14.7. The number of carboxylic acids is 1. The molecule has 0 saturated carbocycles. The number of carbonyl (C=O) groups is 2. The Morgan fingerprint density at radius 1 is 1.30 bits per heavy atom. The molecule has 1 amide bonds. The number of aliphatic carboxylic acids is 1. The number of rotatable bonds is 4. The van der Waals surface area contributed by atoms with Gasteiger partial charge in [0.15, 0.2) is 0 Å². The third-order valence-electron chi connectivity index (χ3n) is 4.01. The summed E-state index contributed by atoms with van der Waals surface area (Å²) in [5.74, 6) is -1.51. The van der Waals surface area contributed by atoms with E-state index in [2.05, 4.69) is 0 Å². The standard InChI is InChI=1S/C15H20N2O3/c1-10-7-8-12(14(16)18)9-17(10)13(15(19)20)11-5-3-2-4-6-11/h2-6,10,12-13H,7-9H2,1H3,(H2,16,18)(H,19,20). The average Bonchev–Trinajstić information content (AvgIpc) is 2.41. The molecule has 1 heterocycles. The van der Waals surface area contributed by atoms with E-state index in [4.69, 9.17) is 5.73 Å². The van der Waals surface area contributed by atoms with Gasteiger partial charge in [-0.1, -0.05) is 30.3 Å². The molecule has 2 rings (SSSR count). The zero-order valence-corrected chi connectivity index (χ0v) is 11.5. The number of primary amides is 1. The highest BCUT2D eigenvalue weighted by Crippen LogP contribution is 2.31.